The quantitative estimate of drug-likeness (QED) is 0.773. The number of carbonyl (C=O) groups excluding carboxylic acids is 1. The highest BCUT2D eigenvalue weighted by atomic mass is 19.1. The molecule has 0 aliphatic heterocycles. The van der Waals surface area contributed by atoms with Gasteiger partial charge in [0.15, 0.2) is 0 Å². The third-order valence-corrected chi connectivity index (χ3v) is 2.35. The SMILES string of the molecule is COCCC(N)C(=O)NCc1ccc(F)cc1. The molecule has 0 aliphatic carbocycles. The van der Waals surface area contributed by atoms with Crippen LogP contribution in [0.5, 0.6) is 0 Å². The van der Waals surface area contributed by atoms with Crippen LogP contribution in [0, 0.1) is 5.82 Å². The molecule has 0 aromatic heterocycles. The van der Waals surface area contributed by atoms with Crippen LogP contribution < -0.4 is 11.1 Å². The third-order valence-electron chi connectivity index (χ3n) is 2.35. The van der Waals surface area contributed by atoms with Gasteiger partial charge >= 0.3 is 0 Å². The molecule has 5 heteroatoms. The predicted octanol–water partition coefficient (Wildman–Crippen LogP) is 0.806. The van der Waals surface area contributed by atoms with Gasteiger partial charge in [-0.1, -0.05) is 12.1 Å². The molecule has 0 saturated carbocycles. The molecule has 0 fully saturated rings. The minimum absolute atomic E-state index is 0.230. The number of nitrogens with two attached hydrogens (primary N) is 1. The maximum Gasteiger partial charge on any atom is 0.237 e. The highest BCUT2D eigenvalue weighted by Crippen LogP contribution is 2.02. The molecule has 0 radical (unpaired) electrons. The molecule has 0 saturated heterocycles. The topological polar surface area (TPSA) is 64.3 Å². The van der Waals surface area contributed by atoms with Crippen LogP contribution in [0.3, 0.4) is 0 Å². The van der Waals surface area contributed by atoms with E-state index in [9.17, 15) is 9.18 Å². The molecule has 4 nitrogen and oxygen atoms in total. The van der Waals surface area contributed by atoms with E-state index in [0.29, 0.717) is 19.6 Å². The molecular formula is C12H17FN2O2. The second-order valence-electron chi connectivity index (χ2n) is 3.73. The summed E-state index contributed by atoms with van der Waals surface area (Å²) in [7, 11) is 1.56. The summed E-state index contributed by atoms with van der Waals surface area (Å²) < 4.78 is 17.5. The van der Waals surface area contributed by atoms with Crippen molar-refractivity contribution in [2.75, 3.05) is 13.7 Å². The molecule has 1 amide bonds. The van der Waals surface area contributed by atoms with E-state index in [-0.39, 0.29) is 11.7 Å². The molecule has 0 heterocycles. The lowest BCUT2D eigenvalue weighted by atomic mass is 10.2. The molecule has 1 rings (SSSR count). The van der Waals surface area contributed by atoms with Gasteiger partial charge in [-0.3, -0.25) is 4.79 Å². The van der Waals surface area contributed by atoms with Gasteiger partial charge in [0.1, 0.15) is 5.82 Å². The molecule has 1 aromatic carbocycles. The lowest BCUT2D eigenvalue weighted by Gasteiger charge is -2.11. The van der Waals surface area contributed by atoms with E-state index < -0.39 is 6.04 Å². The Balaban J connectivity index is 2.34. The first kappa shape index (κ1) is 13.6. The Kier molecular flexibility index (Phi) is 5.59. The summed E-state index contributed by atoms with van der Waals surface area (Å²) in [6.45, 7) is 0.797. The molecule has 0 bridgehead atoms. The van der Waals surface area contributed by atoms with Gasteiger partial charge in [0.25, 0.3) is 0 Å². The summed E-state index contributed by atoms with van der Waals surface area (Å²) >= 11 is 0. The Morgan fingerprint density at radius 1 is 1.47 bits per heavy atom. The fourth-order valence-electron chi connectivity index (χ4n) is 1.30. The summed E-state index contributed by atoms with van der Waals surface area (Å²) in [4.78, 5) is 11.5. The van der Waals surface area contributed by atoms with Crippen LogP contribution in [-0.4, -0.2) is 25.7 Å². The van der Waals surface area contributed by atoms with Crippen molar-refractivity contribution in [3.63, 3.8) is 0 Å². The van der Waals surface area contributed by atoms with Crippen molar-refractivity contribution in [3.05, 3.63) is 35.6 Å². The fraction of sp³-hybridized carbons (Fsp3) is 0.417. The molecule has 0 aliphatic rings. The number of methoxy groups -OCH3 is 1. The van der Waals surface area contributed by atoms with Crippen LogP contribution in [-0.2, 0) is 16.1 Å². The van der Waals surface area contributed by atoms with E-state index in [1.165, 1.54) is 12.1 Å². The van der Waals surface area contributed by atoms with Gasteiger partial charge in [0.05, 0.1) is 6.04 Å². The largest absolute Gasteiger partial charge is 0.385 e. The van der Waals surface area contributed by atoms with Crippen LogP contribution >= 0.6 is 0 Å². The zero-order chi connectivity index (χ0) is 12.7. The number of nitrogens with one attached hydrogen (secondary N) is 1. The Morgan fingerprint density at radius 3 is 2.71 bits per heavy atom. The van der Waals surface area contributed by atoms with E-state index >= 15 is 0 Å². The first-order valence-electron chi connectivity index (χ1n) is 5.40. The summed E-state index contributed by atoms with van der Waals surface area (Å²) in [5.41, 5.74) is 6.47. The standard InChI is InChI=1S/C12H17FN2O2/c1-17-7-6-11(14)12(16)15-8-9-2-4-10(13)5-3-9/h2-5,11H,6-8,14H2,1H3,(H,15,16). The van der Waals surface area contributed by atoms with Crippen molar-refractivity contribution >= 4 is 5.91 Å². The predicted molar refractivity (Wildman–Crippen MR) is 62.7 cm³/mol. The normalized spacial score (nSPS) is 12.2. The number of amides is 1. The second kappa shape index (κ2) is 6.98. The lowest BCUT2D eigenvalue weighted by molar-refractivity contribution is -0.122. The molecule has 94 valence electrons. The van der Waals surface area contributed by atoms with Crippen LogP contribution in [0.15, 0.2) is 24.3 Å². The average Bonchev–Trinajstić information content (AvgIpc) is 2.34. The third kappa shape index (κ3) is 4.93. The second-order valence-corrected chi connectivity index (χ2v) is 3.73. The molecule has 17 heavy (non-hydrogen) atoms. The molecule has 0 spiro atoms. The maximum absolute atomic E-state index is 12.6. The van der Waals surface area contributed by atoms with Gasteiger partial charge in [-0.05, 0) is 24.1 Å². The Labute approximate surface area is 100.0 Å². The first-order chi connectivity index (χ1) is 8.13. The molecular weight excluding hydrogens is 223 g/mol. The summed E-state index contributed by atoms with van der Waals surface area (Å²) in [6, 6.07) is 5.38. The number of benzene rings is 1. The Bertz CT molecular complexity index is 354. The van der Waals surface area contributed by atoms with Crippen molar-refractivity contribution in [1.82, 2.24) is 5.32 Å². The van der Waals surface area contributed by atoms with E-state index in [2.05, 4.69) is 5.32 Å². The lowest BCUT2D eigenvalue weighted by Crippen LogP contribution is -2.40. The molecule has 1 atom stereocenters. The number of halogens is 1. The minimum atomic E-state index is -0.574. The van der Waals surface area contributed by atoms with Crippen molar-refractivity contribution in [3.8, 4) is 0 Å². The van der Waals surface area contributed by atoms with E-state index in [0.717, 1.165) is 5.56 Å². The number of ether oxygens (including phenoxy) is 1. The number of carbonyl (C=O) groups is 1. The van der Waals surface area contributed by atoms with Crippen LogP contribution in [0.2, 0.25) is 0 Å². The van der Waals surface area contributed by atoms with Gasteiger partial charge in [-0.2, -0.15) is 0 Å². The van der Waals surface area contributed by atoms with Gasteiger partial charge in [-0.15, -0.1) is 0 Å². The summed E-state index contributed by atoms with van der Waals surface area (Å²) in [6.07, 6.45) is 0.478. The summed E-state index contributed by atoms with van der Waals surface area (Å²) in [5, 5.41) is 2.69. The smallest absolute Gasteiger partial charge is 0.237 e. The van der Waals surface area contributed by atoms with Crippen LogP contribution in [0.25, 0.3) is 0 Å². The van der Waals surface area contributed by atoms with Crippen molar-refractivity contribution in [1.29, 1.82) is 0 Å². The number of rotatable bonds is 6. The van der Waals surface area contributed by atoms with E-state index in [1.54, 1.807) is 19.2 Å². The van der Waals surface area contributed by atoms with Crippen LogP contribution in [0.1, 0.15) is 12.0 Å². The van der Waals surface area contributed by atoms with Gasteiger partial charge in [-0.25, -0.2) is 4.39 Å². The van der Waals surface area contributed by atoms with Crippen LogP contribution in [0.4, 0.5) is 4.39 Å². The molecule has 3 N–H and O–H groups in total. The number of hydrogen-bond donors (Lipinski definition) is 2. The highest BCUT2D eigenvalue weighted by molar-refractivity contribution is 5.81. The fourth-order valence-corrected chi connectivity index (χ4v) is 1.30. The molecule has 1 unspecified atom stereocenters. The van der Waals surface area contributed by atoms with E-state index in [4.69, 9.17) is 10.5 Å². The summed E-state index contributed by atoms with van der Waals surface area (Å²) in [5.74, 6) is -0.525. The maximum atomic E-state index is 12.6. The van der Waals surface area contributed by atoms with Gasteiger partial charge in [0.2, 0.25) is 5.91 Å². The zero-order valence-electron chi connectivity index (χ0n) is 9.78. The average molecular weight is 240 g/mol. The Hall–Kier alpha value is -1.46. The van der Waals surface area contributed by atoms with E-state index in [1.807, 2.05) is 0 Å². The monoisotopic (exact) mass is 240 g/mol. The number of hydrogen-bond acceptors (Lipinski definition) is 3. The van der Waals surface area contributed by atoms with Gasteiger partial charge in [0, 0.05) is 20.3 Å². The minimum Gasteiger partial charge on any atom is -0.385 e. The zero-order valence-corrected chi connectivity index (χ0v) is 9.78. The highest BCUT2D eigenvalue weighted by Gasteiger charge is 2.12. The Morgan fingerprint density at radius 2 is 2.12 bits per heavy atom. The first-order valence-corrected chi connectivity index (χ1v) is 5.40. The van der Waals surface area contributed by atoms with Crippen molar-refractivity contribution in [2.45, 2.75) is 19.0 Å². The van der Waals surface area contributed by atoms with Crippen molar-refractivity contribution in [2.24, 2.45) is 5.73 Å². The van der Waals surface area contributed by atoms with Gasteiger partial charge < -0.3 is 15.8 Å². The molecule has 1 aromatic rings. The van der Waals surface area contributed by atoms with Crippen molar-refractivity contribution < 1.29 is 13.9 Å².